The van der Waals surface area contributed by atoms with Gasteiger partial charge in [0.2, 0.25) is 0 Å². The highest BCUT2D eigenvalue weighted by Crippen LogP contribution is 2.22. The zero-order valence-electron chi connectivity index (χ0n) is 10.0. The third kappa shape index (κ3) is 2.96. The molecule has 0 aliphatic heterocycles. The second kappa shape index (κ2) is 4.63. The number of aromatic nitrogens is 2. The number of aryl methyl sites for hydroxylation is 1. The summed E-state index contributed by atoms with van der Waals surface area (Å²) in [6, 6.07) is 5.23. The first-order chi connectivity index (χ1) is 8.29. The summed E-state index contributed by atoms with van der Waals surface area (Å²) < 4.78 is 2.00. The Morgan fingerprint density at radius 3 is 2.94 bits per heavy atom. The monoisotopic (exact) mass is 247 g/mol. The van der Waals surface area contributed by atoms with Crippen LogP contribution in [0.25, 0.3) is 0 Å². The molecular weight excluding hydrogens is 230 g/mol. The van der Waals surface area contributed by atoms with Gasteiger partial charge in [-0.2, -0.15) is 5.10 Å². The van der Waals surface area contributed by atoms with Gasteiger partial charge in [-0.15, -0.1) is 11.3 Å². The molecule has 0 amide bonds. The van der Waals surface area contributed by atoms with Gasteiger partial charge in [0.05, 0.1) is 12.7 Å². The Kier molecular flexibility index (Phi) is 2.99. The Balaban J connectivity index is 1.59. The third-order valence-electron chi connectivity index (χ3n) is 2.94. The maximum Gasteiger partial charge on any atom is 0.0752 e. The van der Waals surface area contributed by atoms with Crippen LogP contribution >= 0.6 is 11.3 Å². The van der Waals surface area contributed by atoms with Crippen LogP contribution in [0, 0.1) is 6.92 Å². The number of hydrogen-bond donors (Lipinski definition) is 1. The van der Waals surface area contributed by atoms with Crippen molar-refractivity contribution in [3.63, 3.8) is 0 Å². The molecule has 4 heteroatoms. The summed E-state index contributed by atoms with van der Waals surface area (Å²) in [5.74, 6) is 0. The highest BCUT2D eigenvalue weighted by atomic mass is 32.1. The number of nitrogens with zero attached hydrogens (tertiary/aromatic N) is 2. The summed E-state index contributed by atoms with van der Waals surface area (Å²) in [6.45, 7) is 3.98. The van der Waals surface area contributed by atoms with Crippen LogP contribution in [-0.2, 0) is 13.1 Å². The van der Waals surface area contributed by atoms with Gasteiger partial charge in [0.1, 0.15) is 0 Å². The van der Waals surface area contributed by atoms with Gasteiger partial charge in [0.25, 0.3) is 0 Å². The summed E-state index contributed by atoms with van der Waals surface area (Å²) in [5, 5.41) is 7.85. The predicted octanol–water partition coefficient (Wildman–Crippen LogP) is 2.55. The lowest BCUT2D eigenvalue weighted by atomic mass is 10.4. The molecule has 90 valence electrons. The van der Waals surface area contributed by atoms with Crippen molar-refractivity contribution in [2.24, 2.45) is 0 Å². The van der Waals surface area contributed by atoms with Gasteiger partial charge in [-0.1, -0.05) is 0 Å². The fraction of sp³-hybridized carbons (Fsp3) is 0.462. The third-order valence-corrected chi connectivity index (χ3v) is 4.01. The van der Waals surface area contributed by atoms with Crippen molar-refractivity contribution in [2.45, 2.75) is 38.9 Å². The van der Waals surface area contributed by atoms with Gasteiger partial charge in [0, 0.05) is 28.5 Å². The van der Waals surface area contributed by atoms with Gasteiger partial charge < -0.3 is 5.32 Å². The molecule has 1 aliphatic carbocycles. The van der Waals surface area contributed by atoms with E-state index in [9.17, 15) is 0 Å². The Bertz CT molecular complexity index is 496. The SMILES string of the molecule is Cc1cnn(Cc2ccc(CNC3CC3)s2)c1. The molecule has 0 unspecified atom stereocenters. The van der Waals surface area contributed by atoms with E-state index in [2.05, 4.69) is 35.7 Å². The molecule has 0 aromatic carbocycles. The number of nitrogens with one attached hydrogen (secondary N) is 1. The second-order valence-corrected chi connectivity index (χ2v) is 5.99. The Morgan fingerprint density at radius 1 is 1.41 bits per heavy atom. The average molecular weight is 247 g/mol. The highest BCUT2D eigenvalue weighted by Gasteiger charge is 2.20. The van der Waals surface area contributed by atoms with Crippen LogP contribution in [0.15, 0.2) is 24.5 Å². The van der Waals surface area contributed by atoms with E-state index < -0.39 is 0 Å². The first kappa shape index (κ1) is 11.0. The lowest BCUT2D eigenvalue weighted by Gasteiger charge is -1.99. The van der Waals surface area contributed by atoms with Crippen LogP contribution in [-0.4, -0.2) is 15.8 Å². The van der Waals surface area contributed by atoms with Crippen LogP contribution in [0.4, 0.5) is 0 Å². The fourth-order valence-corrected chi connectivity index (χ4v) is 2.81. The average Bonchev–Trinajstić information content (AvgIpc) is 2.90. The van der Waals surface area contributed by atoms with E-state index in [1.165, 1.54) is 28.2 Å². The molecule has 2 aromatic rings. The molecule has 1 N–H and O–H groups in total. The van der Waals surface area contributed by atoms with E-state index in [-0.39, 0.29) is 0 Å². The minimum absolute atomic E-state index is 0.786. The molecule has 0 saturated heterocycles. The predicted molar refractivity (Wildman–Crippen MR) is 70.2 cm³/mol. The topological polar surface area (TPSA) is 29.9 Å². The van der Waals surface area contributed by atoms with Crippen LogP contribution in [0.1, 0.15) is 28.2 Å². The van der Waals surface area contributed by atoms with E-state index in [4.69, 9.17) is 0 Å². The molecule has 0 radical (unpaired) electrons. The quantitative estimate of drug-likeness (QED) is 0.880. The minimum Gasteiger partial charge on any atom is -0.309 e. The largest absolute Gasteiger partial charge is 0.309 e. The van der Waals surface area contributed by atoms with Gasteiger partial charge >= 0.3 is 0 Å². The van der Waals surface area contributed by atoms with E-state index in [0.29, 0.717) is 0 Å². The molecular formula is C13H17N3S. The van der Waals surface area contributed by atoms with Gasteiger partial charge in [-0.3, -0.25) is 4.68 Å². The number of rotatable bonds is 5. The van der Waals surface area contributed by atoms with Crippen molar-refractivity contribution < 1.29 is 0 Å². The van der Waals surface area contributed by atoms with Gasteiger partial charge in [0.15, 0.2) is 0 Å². The standard InChI is InChI=1S/C13H17N3S/c1-10-6-15-16(8-10)9-13-5-4-12(17-13)7-14-11-2-3-11/h4-6,8,11,14H,2-3,7,9H2,1H3. The van der Waals surface area contributed by atoms with Crippen LogP contribution in [0.5, 0.6) is 0 Å². The molecule has 2 heterocycles. The Morgan fingerprint density at radius 2 is 2.24 bits per heavy atom. The molecule has 0 spiro atoms. The Hall–Kier alpha value is -1.13. The lowest BCUT2D eigenvalue weighted by molar-refractivity contribution is 0.694. The first-order valence-corrected chi connectivity index (χ1v) is 6.91. The molecule has 1 fully saturated rings. The van der Waals surface area contributed by atoms with Crippen molar-refractivity contribution in [1.82, 2.24) is 15.1 Å². The maximum atomic E-state index is 4.31. The zero-order chi connectivity index (χ0) is 11.7. The van der Waals surface area contributed by atoms with Crippen molar-refractivity contribution in [1.29, 1.82) is 0 Å². The smallest absolute Gasteiger partial charge is 0.0752 e. The maximum absolute atomic E-state index is 4.31. The molecule has 3 rings (SSSR count). The van der Waals surface area contributed by atoms with Gasteiger partial charge in [-0.05, 0) is 37.5 Å². The van der Waals surface area contributed by atoms with Crippen molar-refractivity contribution in [3.8, 4) is 0 Å². The summed E-state index contributed by atoms with van der Waals surface area (Å²) in [5.41, 5.74) is 1.22. The van der Waals surface area contributed by atoms with E-state index >= 15 is 0 Å². The summed E-state index contributed by atoms with van der Waals surface area (Å²) >= 11 is 1.88. The fourth-order valence-electron chi connectivity index (χ4n) is 1.85. The molecule has 17 heavy (non-hydrogen) atoms. The van der Waals surface area contributed by atoms with Crippen molar-refractivity contribution >= 4 is 11.3 Å². The second-order valence-electron chi connectivity index (χ2n) is 4.74. The lowest BCUT2D eigenvalue weighted by Crippen LogP contribution is -2.14. The molecule has 0 bridgehead atoms. The molecule has 2 aromatic heterocycles. The molecule has 0 atom stereocenters. The van der Waals surface area contributed by atoms with E-state index in [0.717, 1.165) is 19.1 Å². The molecule has 1 saturated carbocycles. The summed E-state index contributed by atoms with van der Waals surface area (Å²) in [6.07, 6.45) is 6.70. The summed E-state index contributed by atoms with van der Waals surface area (Å²) in [7, 11) is 0. The zero-order valence-corrected chi connectivity index (χ0v) is 10.8. The van der Waals surface area contributed by atoms with Crippen molar-refractivity contribution in [2.75, 3.05) is 0 Å². The Labute approximate surface area is 105 Å². The minimum atomic E-state index is 0.786. The van der Waals surface area contributed by atoms with Gasteiger partial charge in [-0.25, -0.2) is 0 Å². The van der Waals surface area contributed by atoms with Crippen molar-refractivity contribution in [3.05, 3.63) is 39.8 Å². The van der Waals surface area contributed by atoms with Crippen LogP contribution in [0.2, 0.25) is 0 Å². The number of thiophene rings is 1. The van der Waals surface area contributed by atoms with Crippen LogP contribution < -0.4 is 5.32 Å². The van der Waals surface area contributed by atoms with E-state index in [1.54, 1.807) is 0 Å². The highest BCUT2D eigenvalue weighted by molar-refractivity contribution is 7.11. The summed E-state index contributed by atoms with van der Waals surface area (Å²) in [4.78, 5) is 2.80. The van der Waals surface area contributed by atoms with Crippen LogP contribution in [0.3, 0.4) is 0 Å². The number of hydrogen-bond acceptors (Lipinski definition) is 3. The normalized spacial score (nSPS) is 15.4. The molecule has 3 nitrogen and oxygen atoms in total. The first-order valence-electron chi connectivity index (χ1n) is 6.09. The molecule has 1 aliphatic rings. The van der Waals surface area contributed by atoms with E-state index in [1.807, 2.05) is 22.2 Å².